The molecule has 2 N–H and O–H groups in total. The quantitative estimate of drug-likeness (QED) is 0.494. The predicted octanol–water partition coefficient (Wildman–Crippen LogP) is -0.464. The largest absolute Gasteiger partial charge is 0.388 e. The summed E-state index contributed by atoms with van der Waals surface area (Å²) in [6.07, 6.45) is -2.19. The Morgan fingerprint density at radius 1 is 1.62 bits per heavy atom. The van der Waals surface area contributed by atoms with Crippen molar-refractivity contribution in [1.82, 2.24) is 0 Å². The summed E-state index contributed by atoms with van der Waals surface area (Å²) in [5.74, 6) is 0. The summed E-state index contributed by atoms with van der Waals surface area (Å²) >= 11 is 0. The van der Waals surface area contributed by atoms with Gasteiger partial charge in [-0.15, -0.1) is 0 Å². The van der Waals surface area contributed by atoms with Gasteiger partial charge >= 0.3 is 0 Å². The minimum absolute atomic E-state index is 0.383. The van der Waals surface area contributed by atoms with Crippen LogP contribution in [0.4, 0.5) is 0 Å². The molecule has 8 heavy (non-hydrogen) atoms. The van der Waals surface area contributed by atoms with E-state index in [0.29, 0.717) is 6.61 Å². The average molecular weight is 119 g/mol. The van der Waals surface area contributed by atoms with Crippen molar-refractivity contribution in [3.63, 3.8) is 0 Å². The molecule has 0 aliphatic carbocycles. The predicted molar refractivity (Wildman–Crippen MR) is 29.0 cm³/mol. The van der Waals surface area contributed by atoms with Gasteiger partial charge in [-0.1, -0.05) is 0 Å². The number of aliphatic hydroxyl groups is 2. The molecule has 0 rings (SSSR count). The molecule has 0 aromatic carbocycles. The van der Waals surface area contributed by atoms with Crippen molar-refractivity contribution in [2.24, 2.45) is 0 Å². The monoisotopic (exact) mass is 119 g/mol. The molecule has 0 aliphatic heterocycles. The van der Waals surface area contributed by atoms with Gasteiger partial charge in [-0.3, -0.25) is 0 Å². The molecule has 0 spiro atoms. The second-order valence-electron chi connectivity index (χ2n) is 1.41. The first-order valence-corrected chi connectivity index (χ1v) is 2.49. The van der Waals surface area contributed by atoms with E-state index in [1.807, 2.05) is 0 Å². The van der Waals surface area contributed by atoms with E-state index in [1.165, 1.54) is 0 Å². The normalized spacial score (nSPS) is 18.0. The fraction of sp³-hybridized carbons (Fsp3) is 0.800. The Labute approximate surface area is 48.9 Å². The van der Waals surface area contributed by atoms with Crippen LogP contribution in [-0.2, 0) is 4.74 Å². The lowest BCUT2D eigenvalue weighted by Gasteiger charge is -2.11. The Morgan fingerprint density at radius 2 is 2.12 bits per heavy atom. The summed E-state index contributed by atoms with van der Waals surface area (Å²) in [7, 11) is 0. The molecule has 0 fully saturated rings. The van der Waals surface area contributed by atoms with Crippen LogP contribution in [0.5, 0.6) is 0 Å². The minimum atomic E-state index is -1.14. The van der Waals surface area contributed by atoms with Crippen molar-refractivity contribution in [3.05, 3.63) is 6.92 Å². The highest BCUT2D eigenvalue weighted by atomic mass is 16.6. The van der Waals surface area contributed by atoms with Crippen LogP contribution in [0.1, 0.15) is 6.92 Å². The highest BCUT2D eigenvalue weighted by molar-refractivity contribution is 4.58. The first kappa shape index (κ1) is 7.88. The molecule has 49 valence electrons. The van der Waals surface area contributed by atoms with Crippen molar-refractivity contribution in [2.75, 3.05) is 6.61 Å². The number of aliphatic hydroxyl groups excluding tert-OH is 2. The second-order valence-corrected chi connectivity index (χ2v) is 1.41. The summed E-state index contributed by atoms with van der Waals surface area (Å²) in [5.41, 5.74) is 0. The summed E-state index contributed by atoms with van der Waals surface area (Å²) in [6, 6.07) is 0. The van der Waals surface area contributed by atoms with Gasteiger partial charge in [0.2, 0.25) is 0 Å². The fourth-order valence-electron chi connectivity index (χ4n) is 0.282. The molecule has 2 unspecified atom stereocenters. The van der Waals surface area contributed by atoms with Crippen molar-refractivity contribution < 1.29 is 14.9 Å². The topological polar surface area (TPSA) is 49.7 Å². The zero-order valence-electron chi connectivity index (χ0n) is 4.87. The van der Waals surface area contributed by atoms with Crippen LogP contribution in [0.3, 0.4) is 0 Å². The first-order chi connectivity index (χ1) is 3.68. The van der Waals surface area contributed by atoms with Gasteiger partial charge in [-0.25, -0.2) is 0 Å². The molecule has 0 bridgehead atoms. The van der Waals surface area contributed by atoms with Gasteiger partial charge in [0.15, 0.2) is 6.29 Å². The van der Waals surface area contributed by atoms with E-state index in [-0.39, 0.29) is 0 Å². The molecule has 3 nitrogen and oxygen atoms in total. The molecule has 0 saturated heterocycles. The van der Waals surface area contributed by atoms with Gasteiger partial charge in [0.1, 0.15) is 6.10 Å². The molecule has 0 amide bonds. The van der Waals surface area contributed by atoms with Crippen LogP contribution >= 0.6 is 0 Å². The minimum Gasteiger partial charge on any atom is -0.388 e. The highest BCUT2D eigenvalue weighted by Gasteiger charge is 2.08. The maximum atomic E-state index is 8.59. The zero-order chi connectivity index (χ0) is 6.57. The standard InChI is InChI=1S/C5H11O3/c1-3-8-5(7)4(2)6/h4-7H,2-3H2,1H3. The van der Waals surface area contributed by atoms with Crippen LogP contribution in [0.2, 0.25) is 0 Å². The van der Waals surface area contributed by atoms with E-state index < -0.39 is 12.4 Å². The van der Waals surface area contributed by atoms with Crippen molar-refractivity contribution >= 4 is 0 Å². The molecule has 2 atom stereocenters. The Morgan fingerprint density at radius 3 is 2.25 bits per heavy atom. The number of ether oxygens (including phenoxy) is 1. The Bertz CT molecular complexity index is 53.6. The van der Waals surface area contributed by atoms with E-state index in [2.05, 4.69) is 11.7 Å². The summed E-state index contributed by atoms with van der Waals surface area (Å²) < 4.78 is 4.55. The summed E-state index contributed by atoms with van der Waals surface area (Å²) in [6.45, 7) is 5.25. The van der Waals surface area contributed by atoms with Crippen LogP contribution < -0.4 is 0 Å². The van der Waals surface area contributed by atoms with Crippen molar-refractivity contribution in [1.29, 1.82) is 0 Å². The molecular formula is C5H11O3. The third-order valence-electron chi connectivity index (χ3n) is 0.667. The molecular weight excluding hydrogens is 108 g/mol. The lowest BCUT2D eigenvalue weighted by atomic mass is 10.4. The Balaban J connectivity index is 3.17. The van der Waals surface area contributed by atoms with E-state index in [9.17, 15) is 0 Å². The molecule has 0 saturated carbocycles. The van der Waals surface area contributed by atoms with E-state index in [1.54, 1.807) is 6.92 Å². The smallest absolute Gasteiger partial charge is 0.180 e. The summed E-state index contributed by atoms with van der Waals surface area (Å²) in [4.78, 5) is 0. The molecule has 0 aromatic rings. The van der Waals surface area contributed by atoms with Crippen molar-refractivity contribution in [3.8, 4) is 0 Å². The fourth-order valence-corrected chi connectivity index (χ4v) is 0.282. The molecule has 1 radical (unpaired) electrons. The molecule has 0 aromatic heterocycles. The van der Waals surface area contributed by atoms with Crippen LogP contribution in [-0.4, -0.2) is 29.2 Å². The third kappa shape index (κ3) is 2.96. The lowest BCUT2D eigenvalue weighted by Crippen LogP contribution is -2.25. The van der Waals surface area contributed by atoms with Gasteiger partial charge in [-0.2, -0.15) is 0 Å². The maximum Gasteiger partial charge on any atom is 0.180 e. The highest BCUT2D eigenvalue weighted by Crippen LogP contribution is 1.91. The van der Waals surface area contributed by atoms with Gasteiger partial charge < -0.3 is 14.9 Å². The van der Waals surface area contributed by atoms with E-state index in [4.69, 9.17) is 10.2 Å². The SMILES string of the molecule is [CH2]C(O)C(O)OCC. The van der Waals surface area contributed by atoms with Gasteiger partial charge in [-0.05, 0) is 13.8 Å². The first-order valence-electron chi connectivity index (χ1n) is 2.49. The molecule has 3 heteroatoms. The zero-order valence-corrected chi connectivity index (χ0v) is 4.87. The summed E-state index contributed by atoms with van der Waals surface area (Å²) in [5, 5.41) is 17.1. The van der Waals surface area contributed by atoms with Gasteiger partial charge in [0, 0.05) is 6.61 Å². The van der Waals surface area contributed by atoms with E-state index in [0.717, 1.165) is 0 Å². The van der Waals surface area contributed by atoms with Crippen molar-refractivity contribution in [2.45, 2.75) is 19.3 Å². The Kier molecular flexibility index (Phi) is 3.77. The second kappa shape index (κ2) is 3.83. The Hall–Kier alpha value is -0.120. The number of hydrogen-bond acceptors (Lipinski definition) is 3. The third-order valence-corrected chi connectivity index (χ3v) is 0.667. The molecule has 0 aliphatic rings. The van der Waals surface area contributed by atoms with Crippen LogP contribution in [0.15, 0.2) is 0 Å². The lowest BCUT2D eigenvalue weighted by molar-refractivity contribution is -0.145. The number of rotatable bonds is 3. The number of hydrogen-bond donors (Lipinski definition) is 2. The van der Waals surface area contributed by atoms with Crippen LogP contribution in [0, 0.1) is 6.92 Å². The van der Waals surface area contributed by atoms with Gasteiger partial charge in [0.25, 0.3) is 0 Å². The maximum absolute atomic E-state index is 8.59. The van der Waals surface area contributed by atoms with Crippen LogP contribution in [0.25, 0.3) is 0 Å². The molecule has 0 heterocycles. The van der Waals surface area contributed by atoms with Gasteiger partial charge in [0.05, 0.1) is 0 Å². The average Bonchev–Trinajstić information content (AvgIpc) is 1.67. The van der Waals surface area contributed by atoms with E-state index >= 15 is 0 Å².